The maximum absolute atomic E-state index is 13.8. The predicted molar refractivity (Wildman–Crippen MR) is 166 cm³/mol. The first-order valence-electron chi connectivity index (χ1n) is 14.9. The summed E-state index contributed by atoms with van der Waals surface area (Å²) >= 11 is 3.14. The van der Waals surface area contributed by atoms with Gasteiger partial charge in [-0.1, -0.05) is 12.1 Å². The number of aromatic nitrogens is 2. The molecule has 0 aliphatic carbocycles. The van der Waals surface area contributed by atoms with Crippen LogP contribution in [0.3, 0.4) is 0 Å². The quantitative estimate of drug-likeness (QED) is 0.354. The van der Waals surface area contributed by atoms with Crippen LogP contribution >= 0.6 is 15.9 Å². The number of benzene rings is 2. The van der Waals surface area contributed by atoms with Crippen molar-refractivity contribution < 1.29 is 22.8 Å². The fraction of sp³-hybridized carbons (Fsp3) is 0.516. The monoisotopic (exact) mass is 678 g/mol. The number of halogens is 4. The van der Waals surface area contributed by atoms with E-state index in [0.29, 0.717) is 45.1 Å². The van der Waals surface area contributed by atoms with Gasteiger partial charge in [-0.2, -0.15) is 13.2 Å². The van der Waals surface area contributed by atoms with E-state index in [1.807, 2.05) is 38.4 Å². The summed E-state index contributed by atoms with van der Waals surface area (Å²) in [6.07, 6.45) is -2.09. The Hall–Kier alpha value is -3.32. The van der Waals surface area contributed by atoms with Gasteiger partial charge in [-0.15, -0.1) is 0 Å². The molecule has 5 rings (SSSR count). The Morgan fingerprint density at radius 1 is 1.05 bits per heavy atom. The molecule has 1 aromatic heterocycles. The van der Waals surface area contributed by atoms with Crippen LogP contribution in [-0.4, -0.2) is 82.4 Å². The maximum atomic E-state index is 13.8. The average Bonchev–Trinajstić information content (AvgIpc) is 3.33. The summed E-state index contributed by atoms with van der Waals surface area (Å²) in [5, 5.41) is 0. The Morgan fingerprint density at radius 2 is 1.68 bits per heavy atom. The van der Waals surface area contributed by atoms with Crippen LogP contribution in [0, 0.1) is 5.92 Å². The summed E-state index contributed by atoms with van der Waals surface area (Å²) in [5.41, 5.74) is 6.00. The molecule has 0 spiro atoms. The lowest BCUT2D eigenvalue weighted by Crippen LogP contribution is -2.48. The molecule has 13 heteroatoms. The van der Waals surface area contributed by atoms with Crippen LogP contribution in [0.4, 0.5) is 18.9 Å². The van der Waals surface area contributed by atoms with Crippen molar-refractivity contribution in [2.75, 3.05) is 46.0 Å². The van der Waals surface area contributed by atoms with E-state index in [2.05, 4.69) is 25.8 Å². The van der Waals surface area contributed by atoms with E-state index >= 15 is 0 Å². The molecule has 3 N–H and O–H groups in total. The van der Waals surface area contributed by atoms with Gasteiger partial charge in [-0.05, 0) is 92.0 Å². The number of hydrogen-bond acceptors (Lipinski definition) is 5. The number of alkyl halides is 3. The standard InChI is InChI=1S/C31H38BrF3N6O3/c1-38(2)21-7-13-40(14-8-21)29(43)20(15-19-16-23(31(33,34)35)28(36)24(32)17-19)18-27(42)39-11-9-22(10-12-39)41-26-6-4-3-5-25(26)37-30(41)44/h3-6,16-17,20-22H,7-15,18,36H2,1-2H3,(H,37,44)/t20-/m0/s1. The molecule has 2 aliphatic rings. The number of hydrogen-bond donors (Lipinski definition) is 2. The van der Waals surface area contributed by atoms with Crippen LogP contribution in [0.1, 0.15) is 49.3 Å². The lowest BCUT2D eigenvalue weighted by atomic mass is 9.91. The number of nitrogens with one attached hydrogen (secondary N) is 1. The summed E-state index contributed by atoms with van der Waals surface area (Å²) in [6, 6.07) is 10.2. The second-order valence-electron chi connectivity index (χ2n) is 12.1. The minimum atomic E-state index is -4.66. The number of H-pyrrole nitrogens is 1. The Balaban J connectivity index is 1.32. The smallest absolute Gasteiger partial charge is 0.397 e. The molecule has 2 saturated heterocycles. The van der Waals surface area contributed by atoms with Gasteiger partial charge in [0.05, 0.1) is 28.2 Å². The third-order valence-corrected chi connectivity index (χ3v) is 9.72. The largest absolute Gasteiger partial charge is 0.418 e. The van der Waals surface area contributed by atoms with E-state index in [4.69, 9.17) is 5.73 Å². The number of fused-ring (bicyclic) bond motifs is 1. The molecule has 2 aliphatic heterocycles. The number of likely N-dealkylation sites (tertiary alicyclic amines) is 2. The number of carbonyl (C=O) groups excluding carboxylic acids is 2. The second kappa shape index (κ2) is 13.0. The van der Waals surface area contributed by atoms with Crippen molar-refractivity contribution in [2.24, 2.45) is 5.92 Å². The Kier molecular flexibility index (Phi) is 9.45. The zero-order chi connectivity index (χ0) is 31.8. The summed E-state index contributed by atoms with van der Waals surface area (Å²) in [6.45, 7) is 1.87. The Morgan fingerprint density at radius 3 is 2.32 bits per heavy atom. The van der Waals surface area contributed by atoms with Gasteiger partial charge in [-0.25, -0.2) is 4.79 Å². The summed E-state index contributed by atoms with van der Waals surface area (Å²) in [5.74, 6) is -1.27. The molecule has 2 aromatic carbocycles. The third kappa shape index (κ3) is 6.83. The van der Waals surface area contributed by atoms with Gasteiger partial charge in [0.2, 0.25) is 11.8 Å². The molecule has 2 fully saturated rings. The minimum Gasteiger partial charge on any atom is -0.397 e. The molecule has 238 valence electrons. The Labute approximate surface area is 262 Å². The number of anilines is 1. The van der Waals surface area contributed by atoms with E-state index in [9.17, 15) is 27.6 Å². The van der Waals surface area contributed by atoms with Gasteiger partial charge >= 0.3 is 11.9 Å². The number of nitrogens with two attached hydrogens (primary N) is 1. The van der Waals surface area contributed by atoms with E-state index in [0.717, 1.165) is 29.9 Å². The summed E-state index contributed by atoms with van der Waals surface area (Å²) < 4.78 is 43.0. The van der Waals surface area contributed by atoms with Crippen LogP contribution in [0.25, 0.3) is 11.0 Å². The first kappa shape index (κ1) is 32.1. The van der Waals surface area contributed by atoms with Gasteiger partial charge in [-0.3, -0.25) is 14.2 Å². The molecule has 9 nitrogen and oxygen atoms in total. The molecule has 3 aromatic rings. The number of carbonyl (C=O) groups is 2. The number of piperidine rings is 2. The minimum absolute atomic E-state index is 0.0264. The molecule has 2 amide bonds. The van der Waals surface area contributed by atoms with Crippen LogP contribution in [0.15, 0.2) is 45.7 Å². The molecular weight excluding hydrogens is 641 g/mol. The van der Waals surface area contributed by atoms with E-state index in [1.165, 1.54) is 6.07 Å². The van der Waals surface area contributed by atoms with Crippen molar-refractivity contribution in [3.05, 3.63) is 62.5 Å². The van der Waals surface area contributed by atoms with Crippen molar-refractivity contribution in [2.45, 2.75) is 56.8 Å². The SMILES string of the molecule is CN(C)C1CCN(C(=O)[C@H](CC(=O)N2CCC(n3c(=O)[nH]c4ccccc43)CC2)Cc2cc(Br)c(N)c(C(F)(F)F)c2)CC1. The predicted octanol–water partition coefficient (Wildman–Crippen LogP) is 4.66. The number of aromatic amines is 1. The fourth-order valence-corrected chi connectivity index (χ4v) is 7.08. The lowest BCUT2D eigenvalue weighted by molar-refractivity contribution is -0.143. The van der Waals surface area contributed by atoms with Crippen molar-refractivity contribution in [3.63, 3.8) is 0 Å². The molecule has 0 radical (unpaired) electrons. The number of rotatable bonds is 7. The number of amides is 2. The second-order valence-corrected chi connectivity index (χ2v) is 12.9. The molecule has 3 heterocycles. The van der Waals surface area contributed by atoms with E-state index in [1.54, 1.807) is 14.4 Å². The van der Waals surface area contributed by atoms with Crippen molar-refractivity contribution in [3.8, 4) is 0 Å². The number of nitrogen functional groups attached to an aromatic ring is 1. The summed E-state index contributed by atoms with van der Waals surface area (Å²) in [4.78, 5) is 48.6. The van der Waals surface area contributed by atoms with Gasteiger partial charge in [0.1, 0.15) is 0 Å². The van der Waals surface area contributed by atoms with Crippen LogP contribution in [0.5, 0.6) is 0 Å². The molecule has 0 unspecified atom stereocenters. The molecule has 1 atom stereocenters. The highest BCUT2D eigenvalue weighted by atomic mass is 79.9. The fourth-order valence-electron chi connectivity index (χ4n) is 6.57. The van der Waals surface area contributed by atoms with E-state index < -0.39 is 23.3 Å². The molecule has 0 saturated carbocycles. The van der Waals surface area contributed by atoms with Gasteiger partial charge in [0.25, 0.3) is 0 Å². The molecule has 0 bridgehead atoms. The highest BCUT2D eigenvalue weighted by Crippen LogP contribution is 2.39. The molecular formula is C31H38BrF3N6O3. The van der Waals surface area contributed by atoms with Crippen LogP contribution in [0.2, 0.25) is 0 Å². The van der Waals surface area contributed by atoms with Crippen molar-refractivity contribution >= 4 is 44.5 Å². The number of nitrogens with zero attached hydrogens (tertiary/aromatic N) is 4. The first-order valence-corrected chi connectivity index (χ1v) is 15.7. The van der Waals surface area contributed by atoms with Crippen LogP contribution < -0.4 is 11.4 Å². The highest BCUT2D eigenvalue weighted by molar-refractivity contribution is 9.10. The topological polar surface area (TPSA) is 108 Å². The third-order valence-electron chi connectivity index (χ3n) is 9.06. The first-order chi connectivity index (χ1) is 20.8. The normalized spacial score (nSPS) is 17.9. The maximum Gasteiger partial charge on any atom is 0.418 e. The van der Waals surface area contributed by atoms with Crippen LogP contribution in [-0.2, 0) is 22.2 Å². The lowest BCUT2D eigenvalue weighted by Gasteiger charge is -2.37. The number of para-hydroxylation sites is 2. The van der Waals surface area contributed by atoms with Gasteiger partial charge < -0.3 is 25.4 Å². The Bertz CT molecular complexity index is 1570. The average molecular weight is 680 g/mol. The van der Waals surface area contributed by atoms with Crippen molar-refractivity contribution in [1.29, 1.82) is 0 Å². The van der Waals surface area contributed by atoms with Gasteiger partial charge in [0, 0.05) is 49.2 Å². The van der Waals surface area contributed by atoms with E-state index in [-0.39, 0.29) is 46.4 Å². The highest BCUT2D eigenvalue weighted by Gasteiger charge is 2.36. The van der Waals surface area contributed by atoms with Crippen molar-refractivity contribution in [1.82, 2.24) is 24.3 Å². The molecule has 44 heavy (non-hydrogen) atoms. The number of imidazole rings is 1. The summed E-state index contributed by atoms with van der Waals surface area (Å²) in [7, 11) is 4.00. The zero-order valence-electron chi connectivity index (χ0n) is 24.9. The van der Waals surface area contributed by atoms with Gasteiger partial charge in [0.15, 0.2) is 0 Å². The zero-order valence-corrected chi connectivity index (χ0v) is 26.5.